The molecule has 42 heavy (non-hydrogen) atoms. The third-order valence-electron chi connectivity index (χ3n) is 7.91. The van der Waals surface area contributed by atoms with Gasteiger partial charge >= 0.3 is 7.82 Å². The predicted octanol–water partition coefficient (Wildman–Crippen LogP) is 13.6. The molecule has 0 saturated heterocycles. The van der Waals surface area contributed by atoms with Crippen LogP contribution in [0.25, 0.3) is 0 Å². The highest BCUT2D eigenvalue weighted by Crippen LogP contribution is 2.50. The first kappa shape index (κ1) is 41.8. The number of allylic oxidation sites excluding steroid dienone is 2. The third kappa shape index (κ3) is 32.7. The Bertz CT molecular complexity index is 583. The zero-order valence-electron chi connectivity index (χ0n) is 28.6. The van der Waals surface area contributed by atoms with E-state index in [-0.39, 0.29) is 0 Å². The highest BCUT2D eigenvalue weighted by atomic mass is 31.2. The molecule has 0 saturated carbocycles. The largest absolute Gasteiger partial charge is 0.502 e. The summed E-state index contributed by atoms with van der Waals surface area (Å²) in [5, 5.41) is 0. The molecule has 1 atom stereocenters. The van der Waals surface area contributed by atoms with Gasteiger partial charge in [0, 0.05) is 0 Å². The molecule has 0 bridgehead atoms. The van der Waals surface area contributed by atoms with Gasteiger partial charge in [0.2, 0.25) is 0 Å². The van der Waals surface area contributed by atoms with Gasteiger partial charge in [-0.2, -0.15) is 0 Å². The molecule has 0 aromatic carbocycles. The maximum Gasteiger partial charge on any atom is 0.502 e. The van der Waals surface area contributed by atoms with Crippen LogP contribution >= 0.6 is 7.82 Å². The molecular weight excluding hydrogens is 543 g/mol. The van der Waals surface area contributed by atoms with E-state index in [0.717, 1.165) is 25.7 Å². The Labute approximate surface area is 263 Å². The van der Waals surface area contributed by atoms with Crippen LogP contribution in [0.2, 0.25) is 0 Å². The van der Waals surface area contributed by atoms with Crippen molar-refractivity contribution in [2.45, 2.75) is 201 Å². The van der Waals surface area contributed by atoms with E-state index >= 15 is 0 Å². The first-order valence-electron chi connectivity index (χ1n) is 18.5. The van der Waals surface area contributed by atoms with Crippen LogP contribution < -0.4 is 0 Å². The minimum Gasteiger partial charge on any atom is -0.285 e. The molecule has 5 nitrogen and oxygen atoms in total. The molecule has 0 radical (unpaired) electrons. The first-order chi connectivity index (χ1) is 20.7. The first-order valence-corrected chi connectivity index (χ1v) is 20.0. The molecule has 0 spiro atoms. The topological polar surface area (TPSA) is 54.0 Å². The lowest BCUT2D eigenvalue weighted by molar-refractivity contribution is -0.222. The Morgan fingerprint density at radius 1 is 0.429 bits per heavy atom. The van der Waals surface area contributed by atoms with Crippen molar-refractivity contribution in [3.63, 3.8) is 0 Å². The molecule has 252 valence electrons. The zero-order chi connectivity index (χ0) is 30.7. The fraction of sp³-hybridized carbons (Fsp3) is 0.944. The van der Waals surface area contributed by atoms with Crippen molar-refractivity contribution in [2.75, 3.05) is 19.8 Å². The van der Waals surface area contributed by atoms with Gasteiger partial charge in [-0.3, -0.25) is 9.05 Å². The standard InChI is InChI=1S/C36H73O5P/c1-4-7-9-11-13-15-17-19-21-22-24-26-28-30-32-34-36-40-42(37,41-38-6-3)39-35-33-31-29-27-25-23-20-18-16-14-12-10-8-5-2/h19,21H,4-18,20,22-36H2,1-3H3/b21-19-. The summed E-state index contributed by atoms with van der Waals surface area (Å²) in [4.78, 5) is 4.94. The fourth-order valence-corrected chi connectivity index (χ4v) is 6.30. The summed E-state index contributed by atoms with van der Waals surface area (Å²) in [6.45, 7) is 7.42. The predicted molar refractivity (Wildman–Crippen MR) is 182 cm³/mol. The molecule has 1 unspecified atom stereocenters. The van der Waals surface area contributed by atoms with Gasteiger partial charge in [-0.05, 0) is 45.4 Å². The van der Waals surface area contributed by atoms with Gasteiger partial charge in [0.05, 0.1) is 19.8 Å². The summed E-state index contributed by atoms with van der Waals surface area (Å²) in [6.07, 6.45) is 40.6. The van der Waals surface area contributed by atoms with E-state index in [4.69, 9.17) is 18.6 Å². The number of hydrogen-bond acceptors (Lipinski definition) is 5. The van der Waals surface area contributed by atoms with Crippen molar-refractivity contribution in [3.05, 3.63) is 12.2 Å². The zero-order valence-corrected chi connectivity index (χ0v) is 29.5. The van der Waals surface area contributed by atoms with Crippen molar-refractivity contribution in [1.29, 1.82) is 0 Å². The number of phosphoric ester groups is 1. The molecule has 0 aliphatic carbocycles. The van der Waals surface area contributed by atoms with Gasteiger partial charge in [-0.15, -0.1) is 4.67 Å². The average molecular weight is 617 g/mol. The van der Waals surface area contributed by atoms with Crippen LogP contribution in [-0.2, 0) is 23.2 Å². The van der Waals surface area contributed by atoms with E-state index < -0.39 is 7.82 Å². The molecule has 0 aliphatic rings. The number of hydrogen-bond donors (Lipinski definition) is 0. The van der Waals surface area contributed by atoms with E-state index in [0.29, 0.717) is 19.8 Å². The smallest absolute Gasteiger partial charge is 0.285 e. The molecule has 0 aromatic rings. The van der Waals surface area contributed by atoms with Crippen LogP contribution in [0.4, 0.5) is 0 Å². The van der Waals surface area contributed by atoms with Gasteiger partial charge < -0.3 is 0 Å². The molecule has 0 amide bonds. The Balaban J connectivity index is 3.63. The summed E-state index contributed by atoms with van der Waals surface area (Å²) >= 11 is 0. The maximum absolute atomic E-state index is 12.9. The lowest BCUT2D eigenvalue weighted by Gasteiger charge is -2.16. The second-order valence-corrected chi connectivity index (χ2v) is 13.7. The van der Waals surface area contributed by atoms with E-state index in [1.807, 2.05) is 0 Å². The van der Waals surface area contributed by atoms with Crippen LogP contribution in [0.3, 0.4) is 0 Å². The number of phosphoric acid groups is 1. The van der Waals surface area contributed by atoms with Crippen LogP contribution in [-0.4, -0.2) is 19.8 Å². The lowest BCUT2D eigenvalue weighted by atomic mass is 10.0. The molecular formula is C36H73O5P. The van der Waals surface area contributed by atoms with Gasteiger partial charge in [-0.25, -0.2) is 9.45 Å². The Hall–Kier alpha value is -0.190. The monoisotopic (exact) mass is 617 g/mol. The second-order valence-electron chi connectivity index (χ2n) is 12.1. The van der Waals surface area contributed by atoms with Crippen LogP contribution in [0.15, 0.2) is 12.2 Å². The summed E-state index contributed by atoms with van der Waals surface area (Å²) in [7, 11) is -3.64. The van der Waals surface area contributed by atoms with Gasteiger partial charge in [0.25, 0.3) is 0 Å². The molecule has 0 fully saturated rings. The maximum atomic E-state index is 12.9. The van der Waals surface area contributed by atoms with Crippen molar-refractivity contribution in [2.24, 2.45) is 0 Å². The molecule has 0 heterocycles. The van der Waals surface area contributed by atoms with E-state index in [2.05, 4.69) is 26.0 Å². The molecule has 0 rings (SSSR count). The molecule has 6 heteroatoms. The minimum atomic E-state index is -3.64. The van der Waals surface area contributed by atoms with Gasteiger partial charge in [-0.1, -0.05) is 167 Å². The Kier molecular flexibility index (Phi) is 35.1. The number of unbranched alkanes of at least 4 members (excludes halogenated alkanes) is 25. The highest BCUT2D eigenvalue weighted by molar-refractivity contribution is 7.48. The SMILES string of the molecule is CCCCCCCC/C=C\CCCCCCCCOP(=O)(OCCCCCCCCCCCCCCCC)OOCC. The van der Waals surface area contributed by atoms with E-state index in [9.17, 15) is 4.57 Å². The van der Waals surface area contributed by atoms with Gasteiger partial charge in [0.1, 0.15) is 0 Å². The van der Waals surface area contributed by atoms with E-state index in [1.165, 1.54) is 154 Å². The van der Waals surface area contributed by atoms with Crippen molar-refractivity contribution < 1.29 is 23.2 Å². The van der Waals surface area contributed by atoms with Crippen molar-refractivity contribution in [3.8, 4) is 0 Å². The third-order valence-corrected chi connectivity index (χ3v) is 9.20. The Morgan fingerprint density at radius 2 is 0.738 bits per heavy atom. The van der Waals surface area contributed by atoms with Crippen LogP contribution in [0.5, 0.6) is 0 Å². The highest BCUT2D eigenvalue weighted by Gasteiger charge is 2.28. The van der Waals surface area contributed by atoms with E-state index in [1.54, 1.807) is 6.92 Å². The van der Waals surface area contributed by atoms with Crippen LogP contribution in [0.1, 0.15) is 201 Å². The fourth-order valence-electron chi connectivity index (χ4n) is 5.20. The van der Waals surface area contributed by atoms with Crippen LogP contribution in [0, 0.1) is 0 Å². The molecule has 0 N–H and O–H groups in total. The quantitative estimate of drug-likeness (QED) is 0.0230. The second kappa shape index (κ2) is 35.3. The molecule has 0 aromatic heterocycles. The van der Waals surface area contributed by atoms with Crippen molar-refractivity contribution in [1.82, 2.24) is 0 Å². The lowest BCUT2D eigenvalue weighted by Crippen LogP contribution is -2.04. The number of rotatable bonds is 36. The van der Waals surface area contributed by atoms with Crippen molar-refractivity contribution >= 4 is 7.82 Å². The normalized spacial score (nSPS) is 13.3. The minimum absolute atomic E-state index is 0.309. The summed E-state index contributed by atoms with van der Waals surface area (Å²) < 4.78 is 29.0. The van der Waals surface area contributed by atoms with Gasteiger partial charge in [0.15, 0.2) is 0 Å². The summed E-state index contributed by atoms with van der Waals surface area (Å²) in [5.41, 5.74) is 0. The summed E-state index contributed by atoms with van der Waals surface area (Å²) in [5.74, 6) is 0. The Morgan fingerprint density at radius 3 is 1.07 bits per heavy atom. The molecule has 0 aliphatic heterocycles. The summed E-state index contributed by atoms with van der Waals surface area (Å²) in [6, 6.07) is 0. The average Bonchev–Trinajstić information content (AvgIpc) is 2.99.